The van der Waals surface area contributed by atoms with Crippen LogP contribution in [0.1, 0.15) is 31.9 Å². The monoisotopic (exact) mass is 418 g/mol. The molecule has 10 heteroatoms. The largest absolute Gasteiger partial charge is 0.371 e. The highest BCUT2D eigenvalue weighted by atomic mass is 16.2. The summed E-state index contributed by atoms with van der Waals surface area (Å²) in [5.74, 6) is 0.135. The lowest BCUT2D eigenvalue weighted by molar-refractivity contribution is -0.130. The standard InChI is InChI=1S/C21H22N8O2/c1-3-15(21(31)29(2)7-6-22)27-16-8-14(10-24-17(16)9-23)18-11-26-19(12-25-18)28-20(30)13-4-5-13/h8,10-13,15,27H,3-5,7H2,1-2H3,(H,26,28,30)/t15-/m0/s1. The predicted octanol–water partition coefficient (Wildman–Crippen LogP) is 1.93. The molecule has 0 aliphatic heterocycles. The van der Waals surface area contributed by atoms with Gasteiger partial charge in [-0.05, 0) is 25.3 Å². The zero-order valence-corrected chi connectivity index (χ0v) is 17.3. The maximum Gasteiger partial charge on any atom is 0.245 e. The van der Waals surface area contributed by atoms with Crippen LogP contribution in [0.2, 0.25) is 0 Å². The third kappa shape index (κ3) is 5.31. The van der Waals surface area contributed by atoms with Gasteiger partial charge in [-0.3, -0.25) is 14.6 Å². The van der Waals surface area contributed by atoms with Crippen LogP contribution in [0.4, 0.5) is 11.5 Å². The van der Waals surface area contributed by atoms with E-state index in [1.54, 1.807) is 13.1 Å². The van der Waals surface area contributed by atoms with Crippen LogP contribution in [-0.4, -0.2) is 51.3 Å². The number of carbonyl (C=O) groups is 2. The van der Waals surface area contributed by atoms with E-state index in [4.69, 9.17) is 5.26 Å². The van der Waals surface area contributed by atoms with Crippen LogP contribution in [0.15, 0.2) is 24.7 Å². The lowest BCUT2D eigenvalue weighted by Gasteiger charge is -2.23. The van der Waals surface area contributed by atoms with Gasteiger partial charge >= 0.3 is 0 Å². The quantitative estimate of drug-likeness (QED) is 0.618. The van der Waals surface area contributed by atoms with Crippen LogP contribution < -0.4 is 10.6 Å². The fraction of sp³-hybridized carbons (Fsp3) is 0.381. The number of anilines is 2. The Kier molecular flexibility index (Phi) is 6.73. The average Bonchev–Trinajstić information content (AvgIpc) is 3.63. The van der Waals surface area contributed by atoms with E-state index in [9.17, 15) is 14.9 Å². The molecule has 2 aromatic heterocycles. The van der Waals surface area contributed by atoms with Crippen molar-refractivity contribution in [3.8, 4) is 23.4 Å². The third-order valence-corrected chi connectivity index (χ3v) is 4.86. The van der Waals surface area contributed by atoms with E-state index in [0.717, 1.165) is 12.8 Å². The molecule has 2 amide bonds. The minimum absolute atomic E-state index is 0.0281. The van der Waals surface area contributed by atoms with Crippen LogP contribution in [0.5, 0.6) is 0 Å². The van der Waals surface area contributed by atoms with Crippen molar-refractivity contribution in [2.75, 3.05) is 24.2 Å². The number of nitriles is 2. The number of hydrogen-bond donors (Lipinski definition) is 2. The molecule has 0 bridgehead atoms. The Morgan fingerprint density at radius 2 is 2.00 bits per heavy atom. The summed E-state index contributed by atoms with van der Waals surface area (Å²) in [5.41, 5.74) is 1.63. The highest BCUT2D eigenvalue weighted by Gasteiger charge is 2.29. The summed E-state index contributed by atoms with van der Waals surface area (Å²) in [6.07, 6.45) is 6.74. The van der Waals surface area contributed by atoms with Gasteiger partial charge in [0, 0.05) is 24.7 Å². The molecule has 1 fully saturated rings. The summed E-state index contributed by atoms with van der Waals surface area (Å²) < 4.78 is 0. The molecular formula is C21H22N8O2. The number of pyridine rings is 1. The summed E-state index contributed by atoms with van der Waals surface area (Å²) in [7, 11) is 1.55. The molecule has 0 spiro atoms. The molecule has 1 saturated carbocycles. The van der Waals surface area contributed by atoms with E-state index in [1.165, 1.54) is 23.5 Å². The lowest BCUT2D eigenvalue weighted by Crippen LogP contribution is -2.40. The summed E-state index contributed by atoms with van der Waals surface area (Å²) >= 11 is 0. The van der Waals surface area contributed by atoms with Gasteiger partial charge in [-0.2, -0.15) is 10.5 Å². The number of amides is 2. The molecule has 0 unspecified atom stereocenters. The van der Waals surface area contributed by atoms with E-state index >= 15 is 0 Å². The Labute approximate surface area is 179 Å². The van der Waals surface area contributed by atoms with Crippen LogP contribution in [0.25, 0.3) is 11.3 Å². The van der Waals surface area contributed by atoms with Gasteiger partial charge in [-0.1, -0.05) is 6.92 Å². The molecule has 0 radical (unpaired) electrons. The summed E-state index contributed by atoms with van der Waals surface area (Å²) in [6.45, 7) is 1.80. The smallest absolute Gasteiger partial charge is 0.245 e. The van der Waals surface area contributed by atoms with Gasteiger partial charge < -0.3 is 15.5 Å². The molecule has 0 saturated heterocycles. The number of aromatic nitrogens is 3. The van der Waals surface area contributed by atoms with E-state index in [2.05, 4.69) is 25.6 Å². The van der Waals surface area contributed by atoms with Crippen molar-refractivity contribution < 1.29 is 9.59 Å². The number of rotatable bonds is 8. The van der Waals surface area contributed by atoms with Crippen LogP contribution in [0.3, 0.4) is 0 Å². The highest BCUT2D eigenvalue weighted by molar-refractivity contribution is 5.93. The number of nitrogens with zero attached hydrogens (tertiary/aromatic N) is 6. The van der Waals surface area contributed by atoms with Gasteiger partial charge in [-0.15, -0.1) is 0 Å². The normalized spacial score (nSPS) is 13.4. The van der Waals surface area contributed by atoms with E-state index in [1.807, 2.05) is 19.1 Å². The molecule has 31 heavy (non-hydrogen) atoms. The zero-order valence-electron chi connectivity index (χ0n) is 17.3. The molecule has 10 nitrogen and oxygen atoms in total. The molecule has 0 aromatic carbocycles. The molecule has 1 aliphatic rings. The van der Waals surface area contributed by atoms with Crippen LogP contribution in [-0.2, 0) is 9.59 Å². The summed E-state index contributed by atoms with van der Waals surface area (Å²) in [6, 6.07) is 5.01. The second-order valence-corrected chi connectivity index (χ2v) is 7.24. The second-order valence-electron chi connectivity index (χ2n) is 7.24. The van der Waals surface area contributed by atoms with Gasteiger partial charge in [-0.25, -0.2) is 9.97 Å². The van der Waals surface area contributed by atoms with Crippen molar-refractivity contribution in [2.45, 2.75) is 32.2 Å². The first-order chi connectivity index (χ1) is 15.0. The minimum atomic E-state index is -0.617. The van der Waals surface area contributed by atoms with Crippen molar-refractivity contribution >= 4 is 23.3 Å². The van der Waals surface area contributed by atoms with Crippen molar-refractivity contribution in [1.82, 2.24) is 19.9 Å². The summed E-state index contributed by atoms with van der Waals surface area (Å²) in [5, 5.41) is 24.0. The minimum Gasteiger partial charge on any atom is -0.371 e. The molecule has 2 N–H and O–H groups in total. The number of nitrogens with one attached hydrogen (secondary N) is 2. The van der Waals surface area contributed by atoms with Gasteiger partial charge in [0.25, 0.3) is 0 Å². The molecule has 1 aliphatic carbocycles. The van der Waals surface area contributed by atoms with Gasteiger partial charge in [0.05, 0.1) is 29.8 Å². The third-order valence-electron chi connectivity index (χ3n) is 4.86. The first-order valence-electron chi connectivity index (χ1n) is 9.88. The van der Waals surface area contributed by atoms with Crippen LogP contribution >= 0.6 is 0 Å². The first-order valence-corrected chi connectivity index (χ1v) is 9.88. The van der Waals surface area contributed by atoms with Crippen molar-refractivity contribution in [1.29, 1.82) is 10.5 Å². The number of carbonyl (C=O) groups excluding carboxylic acids is 2. The summed E-state index contributed by atoms with van der Waals surface area (Å²) in [4.78, 5) is 38.4. The van der Waals surface area contributed by atoms with Crippen molar-refractivity contribution in [2.24, 2.45) is 5.92 Å². The maximum absolute atomic E-state index is 12.6. The van der Waals surface area contributed by atoms with Crippen LogP contribution in [0, 0.1) is 28.6 Å². The van der Waals surface area contributed by atoms with Crippen molar-refractivity contribution in [3.05, 3.63) is 30.4 Å². The molecule has 2 aromatic rings. The Morgan fingerprint density at radius 1 is 1.23 bits per heavy atom. The topological polar surface area (TPSA) is 148 Å². The van der Waals surface area contributed by atoms with Gasteiger partial charge in [0.15, 0.2) is 11.5 Å². The van der Waals surface area contributed by atoms with Gasteiger partial charge in [0.2, 0.25) is 11.8 Å². The van der Waals surface area contributed by atoms with Gasteiger partial charge in [0.1, 0.15) is 18.7 Å². The SMILES string of the molecule is CC[C@H](Nc1cc(-c2cnc(NC(=O)C3CC3)cn2)cnc1C#N)C(=O)N(C)CC#N. The number of likely N-dealkylation sites (N-methyl/N-ethyl adjacent to an activating group) is 1. The Bertz CT molecular complexity index is 1050. The van der Waals surface area contributed by atoms with E-state index in [-0.39, 0.29) is 30.0 Å². The highest BCUT2D eigenvalue weighted by Crippen LogP contribution is 2.30. The average molecular weight is 418 g/mol. The Balaban J connectivity index is 1.79. The Morgan fingerprint density at radius 3 is 2.58 bits per heavy atom. The second kappa shape index (κ2) is 9.63. The van der Waals surface area contributed by atoms with Crippen molar-refractivity contribution in [3.63, 3.8) is 0 Å². The van der Waals surface area contributed by atoms with E-state index < -0.39 is 6.04 Å². The molecule has 2 heterocycles. The van der Waals surface area contributed by atoms with E-state index in [0.29, 0.717) is 29.2 Å². The molecule has 3 rings (SSSR count). The fourth-order valence-electron chi connectivity index (χ4n) is 2.90. The lowest BCUT2D eigenvalue weighted by atomic mass is 10.1. The molecule has 158 valence electrons. The first kappa shape index (κ1) is 21.7. The number of hydrogen-bond acceptors (Lipinski definition) is 8. The molecular weight excluding hydrogens is 396 g/mol. The maximum atomic E-state index is 12.6. The fourth-order valence-corrected chi connectivity index (χ4v) is 2.90. The Hall–Kier alpha value is -4.05. The zero-order chi connectivity index (χ0) is 22.4. The predicted molar refractivity (Wildman–Crippen MR) is 112 cm³/mol. The molecule has 1 atom stereocenters.